The summed E-state index contributed by atoms with van der Waals surface area (Å²) in [4.78, 5) is 12.4. The molecule has 2 rings (SSSR count). The van der Waals surface area contributed by atoms with Crippen molar-refractivity contribution in [3.8, 4) is 5.75 Å². The van der Waals surface area contributed by atoms with Crippen LogP contribution in [0.3, 0.4) is 0 Å². The first-order valence-corrected chi connectivity index (χ1v) is 9.33. The van der Waals surface area contributed by atoms with Crippen LogP contribution in [0.2, 0.25) is 0 Å². The molecule has 0 N–H and O–H groups in total. The minimum atomic E-state index is -0.339. The van der Waals surface area contributed by atoms with E-state index in [1.165, 1.54) is 18.2 Å². The smallest absolute Gasteiger partial charge is 0.371 e. The number of hydrogen-bond donors (Lipinski definition) is 0. The third kappa shape index (κ3) is 4.54. The van der Waals surface area contributed by atoms with Crippen molar-refractivity contribution in [2.75, 3.05) is 7.11 Å². The van der Waals surface area contributed by atoms with Crippen molar-refractivity contribution in [1.82, 2.24) is 0 Å². The maximum Gasteiger partial charge on any atom is 0.371 e. The molecule has 0 saturated heterocycles. The largest absolute Gasteiger partial charge is 0.489 e. The van der Waals surface area contributed by atoms with E-state index in [1.54, 1.807) is 0 Å². The Hall–Kier alpha value is -1.46. The molecule has 0 aromatic heterocycles. The van der Waals surface area contributed by atoms with Gasteiger partial charge < -0.3 is 9.47 Å². The molecule has 0 saturated carbocycles. The number of rotatable bonds is 5. The number of carbonyl (C=O) groups excluding carboxylic acids is 1. The molecule has 0 radical (unpaired) electrons. The Morgan fingerprint density at radius 3 is 2.62 bits per heavy atom. The molecule has 128 valence electrons. The Labute approximate surface area is 155 Å². The standard InChI is InChI=1S/C19H21BrO3S/c1-5-14-9-13(3)17(10-12(14)2)23-11-15-16(20)7-6-8-18(15)24-19(21)22-4/h6-10H,5,11H2,1-4H3. The van der Waals surface area contributed by atoms with E-state index in [2.05, 4.69) is 48.8 Å². The van der Waals surface area contributed by atoms with Gasteiger partial charge in [-0.25, -0.2) is 4.79 Å². The van der Waals surface area contributed by atoms with Crippen LogP contribution in [0.25, 0.3) is 0 Å². The van der Waals surface area contributed by atoms with Gasteiger partial charge in [0.2, 0.25) is 0 Å². The van der Waals surface area contributed by atoms with E-state index >= 15 is 0 Å². The van der Waals surface area contributed by atoms with E-state index in [4.69, 9.17) is 9.47 Å². The van der Waals surface area contributed by atoms with E-state index in [9.17, 15) is 4.79 Å². The van der Waals surface area contributed by atoms with Gasteiger partial charge >= 0.3 is 5.30 Å². The second-order valence-electron chi connectivity index (χ2n) is 5.46. The molecule has 0 atom stereocenters. The quantitative estimate of drug-likeness (QED) is 0.444. The molecule has 3 nitrogen and oxygen atoms in total. The summed E-state index contributed by atoms with van der Waals surface area (Å²) in [5.74, 6) is 0.870. The zero-order valence-electron chi connectivity index (χ0n) is 14.3. The highest BCUT2D eigenvalue weighted by Gasteiger charge is 2.13. The fourth-order valence-electron chi connectivity index (χ4n) is 2.44. The maximum atomic E-state index is 11.6. The summed E-state index contributed by atoms with van der Waals surface area (Å²) in [5.41, 5.74) is 4.62. The van der Waals surface area contributed by atoms with Crippen LogP contribution in [-0.2, 0) is 17.8 Å². The van der Waals surface area contributed by atoms with Gasteiger partial charge in [0.25, 0.3) is 0 Å². The van der Waals surface area contributed by atoms with Crippen LogP contribution in [-0.4, -0.2) is 12.4 Å². The van der Waals surface area contributed by atoms with Gasteiger partial charge in [0.15, 0.2) is 0 Å². The number of benzene rings is 2. The van der Waals surface area contributed by atoms with E-state index in [0.717, 1.165) is 44.4 Å². The molecule has 2 aromatic carbocycles. The number of thioether (sulfide) groups is 1. The molecule has 5 heteroatoms. The van der Waals surface area contributed by atoms with Crippen LogP contribution in [0.15, 0.2) is 39.7 Å². The van der Waals surface area contributed by atoms with Crippen molar-refractivity contribution in [2.24, 2.45) is 0 Å². The second kappa shape index (κ2) is 8.58. The number of methoxy groups -OCH3 is 1. The van der Waals surface area contributed by atoms with Gasteiger partial charge in [-0.05, 0) is 66.9 Å². The molecule has 2 aromatic rings. The lowest BCUT2D eigenvalue weighted by molar-refractivity contribution is 0.200. The number of ether oxygens (including phenoxy) is 2. The lowest BCUT2D eigenvalue weighted by Gasteiger charge is -2.15. The van der Waals surface area contributed by atoms with Crippen molar-refractivity contribution in [3.63, 3.8) is 0 Å². The topological polar surface area (TPSA) is 35.5 Å². The molecule has 0 heterocycles. The fraction of sp³-hybridized carbons (Fsp3) is 0.316. The number of halogens is 1. The number of carbonyl (C=O) groups is 1. The Morgan fingerprint density at radius 2 is 1.96 bits per heavy atom. The summed E-state index contributed by atoms with van der Waals surface area (Å²) in [6.45, 7) is 6.69. The van der Waals surface area contributed by atoms with E-state index < -0.39 is 0 Å². The molecule has 0 aliphatic carbocycles. The average Bonchev–Trinajstić information content (AvgIpc) is 2.56. The molecular weight excluding hydrogens is 388 g/mol. The lowest BCUT2D eigenvalue weighted by atomic mass is 10.0. The van der Waals surface area contributed by atoms with Crippen LogP contribution in [0.4, 0.5) is 4.79 Å². The highest BCUT2D eigenvalue weighted by Crippen LogP contribution is 2.32. The number of hydrogen-bond acceptors (Lipinski definition) is 4. The van der Waals surface area contributed by atoms with Gasteiger partial charge in [-0.1, -0.05) is 35.0 Å². The molecule has 0 fully saturated rings. The highest BCUT2D eigenvalue weighted by atomic mass is 79.9. The van der Waals surface area contributed by atoms with Crippen molar-refractivity contribution in [3.05, 3.63) is 57.1 Å². The predicted octanol–water partition coefficient (Wildman–Crippen LogP) is 6.07. The van der Waals surface area contributed by atoms with Gasteiger partial charge in [-0.3, -0.25) is 0 Å². The fourth-order valence-corrected chi connectivity index (χ4v) is 3.76. The van der Waals surface area contributed by atoms with Gasteiger partial charge in [0.1, 0.15) is 12.4 Å². The SMILES string of the molecule is CCc1cc(C)c(OCc2c(Br)cccc2SC(=O)OC)cc1C. The summed E-state index contributed by atoms with van der Waals surface area (Å²) in [6, 6.07) is 9.99. The highest BCUT2D eigenvalue weighted by molar-refractivity contribution is 9.10. The molecule has 0 amide bonds. The molecule has 0 bridgehead atoms. The van der Waals surface area contributed by atoms with E-state index in [1.807, 2.05) is 18.2 Å². The van der Waals surface area contributed by atoms with E-state index in [-0.39, 0.29) is 5.30 Å². The monoisotopic (exact) mass is 408 g/mol. The Kier molecular flexibility index (Phi) is 6.75. The molecule has 0 unspecified atom stereocenters. The van der Waals surface area contributed by atoms with E-state index in [0.29, 0.717) is 6.61 Å². The third-order valence-corrected chi connectivity index (χ3v) is 5.50. The van der Waals surface area contributed by atoms with Crippen LogP contribution in [0, 0.1) is 13.8 Å². The molecule has 0 aliphatic heterocycles. The normalized spacial score (nSPS) is 10.5. The van der Waals surface area contributed by atoms with Crippen LogP contribution < -0.4 is 4.74 Å². The minimum Gasteiger partial charge on any atom is -0.489 e. The predicted molar refractivity (Wildman–Crippen MR) is 102 cm³/mol. The molecule has 0 aliphatic rings. The van der Waals surface area contributed by atoms with Gasteiger partial charge in [-0.15, -0.1) is 0 Å². The summed E-state index contributed by atoms with van der Waals surface area (Å²) in [6.07, 6.45) is 1.01. The van der Waals surface area contributed by atoms with Crippen molar-refractivity contribution in [2.45, 2.75) is 38.7 Å². The minimum absolute atomic E-state index is 0.339. The molecule has 0 spiro atoms. The maximum absolute atomic E-state index is 11.6. The van der Waals surface area contributed by atoms with Crippen molar-refractivity contribution < 1.29 is 14.3 Å². The third-order valence-electron chi connectivity index (χ3n) is 3.82. The Bertz CT molecular complexity index is 744. The van der Waals surface area contributed by atoms with Crippen molar-refractivity contribution >= 4 is 33.0 Å². The summed E-state index contributed by atoms with van der Waals surface area (Å²) >= 11 is 4.60. The Morgan fingerprint density at radius 1 is 1.21 bits per heavy atom. The molecular formula is C19H21BrO3S. The lowest BCUT2D eigenvalue weighted by Crippen LogP contribution is -2.02. The van der Waals surface area contributed by atoms with Crippen molar-refractivity contribution in [1.29, 1.82) is 0 Å². The summed E-state index contributed by atoms with van der Waals surface area (Å²) < 4.78 is 11.7. The van der Waals surface area contributed by atoms with Gasteiger partial charge in [0.05, 0.1) is 7.11 Å². The zero-order chi connectivity index (χ0) is 17.7. The summed E-state index contributed by atoms with van der Waals surface area (Å²) in [5, 5.41) is -0.339. The first-order chi connectivity index (χ1) is 11.5. The first kappa shape index (κ1) is 18.9. The Balaban J connectivity index is 2.23. The number of aryl methyl sites for hydroxylation is 3. The zero-order valence-corrected chi connectivity index (χ0v) is 16.7. The average molecular weight is 409 g/mol. The first-order valence-electron chi connectivity index (χ1n) is 7.72. The van der Waals surface area contributed by atoms with Crippen LogP contribution in [0.1, 0.15) is 29.2 Å². The molecule has 24 heavy (non-hydrogen) atoms. The van der Waals surface area contributed by atoms with Crippen LogP contribution in [0.5, 0.6) is 5.75 Å². The second-order valence-corrected chi connectivity index (χ2v) is 7.29. The summed E-state index contributed by atoms with van der Waals surface area (Å²) in [7, 11) is 1.38. The van der Waals surface area contributed by atoms with Crippen LogP contribution >= 0.6 is 27.7 Å². The van der Waals surface area contributed by atoms with Gasteiger partial charge in [0, 0.05) is 14.9 Å². The van der Waals surface area contributed by atoms with Gasteiger partial charge in [-0.2, -0.15) is 0 Å².